The second-order valence-corrected chi connectivity index (χ2v) is 6.88. The Morgan fingerprint density at radius 1 is 1.12 bits per heavy atom. The molecule has 2 aliphatic rings. The molecule has 2 amide bonds. The van der Waals surface area contributed by atoms with E-state index < -0.39 is 12.0 Å². The Kier molecular flexibility index (Phi) is 5.36. The zero-order valence-electron chi connectivity index (χ0n) is 14.2. The van der Waals surface area contributed by atoms with Gasteiger partial charge in [0.1, 0.15) is 6.04 Å². The maximum absolute atomic E-state index is 13.1. The fraction of sp³-hybridized carbons (Fsp3) is 0.526. The highest BCUT2D eigenvalue weighted by Crippen LogP contribution is 2.40. The number of aliphatic carboxylic acids is 1. The first-order valence-electron chi connectivity index (χ1n) is 8.95. The Balaban J connectivity index is 1.78. The standard InChI is InChI=1S/C19H24N2O4/c22-17(23)10-11-20-18(24)16-12-14-8-4-5-9-15(14)21(16)19(25)13-6-2-1-3-7-13/h1-3,6-7,14-16H,4-5,8-12H2,(H,20,24)(H,22,23)/t14-,15+,16+/m1/s1. The molecule has 0 bridgehead atoms. The summed E-state index contributed by atoms with van der Waals surface area (Å²) in [6.45, 7) is 0.0906. The maximum Gasteiger partial charge on any atom is 0.305 e. The molecule has 1 aromatic rings. The van der Waals surface area contributed by atoms with Crippen LogP contribution >= 0.6 is 0 Å². The Morgan fingerprint density at radius 2 is 1.84 bits per heavy atom. The molecule has 1 saturated heterocycles. The molecule has 134 valence electrons. The second-order valence-electron chi connectivity index (χ2n) is 6.88. The van der Waals surface area contributed by atoms with E-state index in [0.29, 0.717) is 17.9 Å². The molecule has 0 unspecified atom stereocenters. The number of carboxylic acid groups (broad SMARTS) is 1. The summed E-state index contributed by atoms with van der Waals surface area (Å²) in [5, 5.41) is 11.4. The molecule has 0 spiro atoms. The lowest BCUT2D eigenvalue weighted by Gasteiger charge is -2.33. The number of likely N-dealkylation sites (tertiary alicyclic amines) is 1. The number of carbonyl (C=O) groups excluding carboxylic acids is 2. The van der Waals surface area contributed by atoms with Gasteiger partial charge in [0.2, 0.25) is 5.91 Å². The van der Waals surface area contributed by atoms with E-state index in [-0.39, 0.29) is 30.8 Å². The second kappa shape index (κ2) is 7.68. The minimum absolute atomic E-state index is 0.0906. The number of amides is 2. The number of carboxylic acids is 1. The predicted molar refractivity (Wildman–Crippen MR) is 92.0 cm³/mol. The molecule has 0 aromatic heterocycles. The molecule has 1 aliphatic heterocycles. The topological polar surface area (TPSA) is 86.7 Å². The summed E-state index contributed by atoms with van der Waals surface area (Å²) in [6, 6.07) is 8.66. The fourth-order valence-electron chi connectivity index (χ4n) is 4.13. The lowest BCUT2D eigenvalue weighted by atomic mass is 9.84. The molecule has 2 fully saturated rings. The number of carbonyl (C=O) groups is 3. The van der Waals surface area contributed by atoms with Crippen LogP contribution in [0.1, 0.15) is 48.9 Å². The molecule has 2 N–H and O–H groups in total. The summed E-state index contributed by atoms with van der Waals surface area (Å²) in [4.78, 5) is 38.1. The Morgan fingerprint density at radius 3 is 2.56 bits per heavy atom. The first-order valence-corrected chi connectivity index (χ1v) is 8.95. The first-order chi connectivity index (χ1) is 12.1. The zero-order chi connectivity index (χ0) is 17.8. The van der Waals surface area contributed by atoms with Crippen molar-refractivity contribution >= 4 is 17.8 Å². The highest BCUT2D eigenvalue weighted by Gasteiger charge is 2.47. The van der Waals surface area contributed by atoms with Crippen molar-refractivity contribution in [3.05, 3.63) is 35.9 Å². The Labute approximate surface area is 147 Å². The van der Waals surface area contributed by atoms with Gasteiger partial charge in [-0.15, -0.1) is 0 Å². The fourth-order valence-corrected chi connectivity index (χ4v) is 4.13. The largest absolute Gasteiger partial charge is 0.481 e. The summed E-state index contributed by atoms with van der Waals surface area (Å²) in [7, 11) is 0. The summed E-state index contributed by atoms with van der Waals surface area (Å²) < 4.78 is 0. The van der Waals surface area contributed by atoms with E-state index in [1.165, 1.54) is 0 Å². The van der Waals surface area contributed by atoms with Crippen LogP contribution in [0.2, 0.25) is 0 Å². The lowest BCUT2D eigenvalue weighted by Crippen LogP contribution is -2.49. The predicted octanol–water partition coefficient (Wildman–Crippen LogP) is 2.05. The van der Waals surface area contributed by atoms with Gasteiger partial charge in [-0.2, -0.15) is 0 Å². The zero-order valence-corrected chi connectivity index (χ0v) is 14.2. The van der Waals surface area contributed by atoms with Crippen molar-refractivity contribution in [3.63, 3.8) is 0 Å². The average molecular weight is 344 g/mol. The molecule has 0 radical (unpaired) electrons. The first kappa shape index (κ1) is 17.5. The van der Waals surface area contributed by atoms with Crippen LogP contribution in [0, 0.1) is 5.92 Å². The molecular weight excluding hydrogens is 320 g/mol. The number of fused-ring (bicyclic) bond motifs is 1. The molecule has 3 atom stereocenters. The smallest absolute Gasteiger partial charge is 0.305 e. The van der Waals surface area contributed by atoms with Gasteiger partial charge in [-0.25, -0.2) is 0 Å². The van der Waals surface area contributed by atoms with Crippen molar-refractivity contribution in [2.24, 2.45) is 5.92 Å². The van der Waals surface area contributed by atoms with Gasteiger partial charge in [0.05, 0.1) is 6.42 Å². The molecular formula is C19H24N2O4. The van der Waals surface area contributed by atoms with Crippen molar-refractivity contribution in [3.8, 4) is 0 Å². The van der Waals surface area contributed by atoms with Crippen molar-refractivity contribution in [2.75, 3.05) is 6.54 Å². The number of hydrogen-bond acceptors (Lipinski definition) is 3. The average Bonchev–Trinajstić information content (AvgIpc) is 3.01. The van der Waals surface area contributed by atoms with Crippen LogP contribution in [0.3, 0.4) is 0 Å². The van der Waals surface area contributed by atoms with E-state index in [9.17, 15) is 14.4 Å². The van der Waals surface area contributed by atoms with E-state index in [1.54, 1.807) is 17.0 Å². The van der Waals surface area contributed by atoms with Gasteiger partial charge in [-0.3, -0.25) is 14.4 Å². The third kappa shape index (κ3) is 3.83. The van der Waals surface area contributed by atoms with Gasteiger partial charge in [-0.05, 0) is 37.3 Å². The highest BCUT2D eigenvalue weighted by atomic mass is 16.4. The summed E-state index contributed by atoms with van der Waals surface area (Å²) >= 11 is 0. The van der Waals surface area contributed by atoms with Gasteiger partial charge in [0, 0.05) is 18.2 Å². The van der Waals surface area contributed by atoms with Crippen LogP contribution in [0.5, 0.6) is 0 Å². The molecule has 1 aromatic carbocycles. The number of rotatable bonds is 5. The van der Waals surface area contributed by atoms with E-state index in [0.717, 1.165) is 25.7 Å². The molecule has 1 saturated carbocycles. The van der Waals surface area contributed by atoms with E-state index in [4.69, 9.17) is 5.11 Å². The van der Waals surface area contributed by atoms with Crippen molar-refractivity contribution in [1.29, 1.82) is 0 Å². The van der Waals surface area contributed by atoms with Gasteiger partial charge >= 0.3 is 5.97 Å². The molecule has 1 heterocycles. The highest BCUT2D eigenvalue weighted by molar-refractivity contribution is 5.98. The van der Waals surface area contributed by atoms with Crippen LogP contribution < -0.4 is 5.32 Å². The molecule has 6 nitrogen and oxygen atoms in total. The molecule has 25 heavy (non-hydrogen) atoms. The minimum Gasteiger partial charge on any atom is -0.481 e. The van der Waals surface area contributed by atoms with Crippen LogP contribution in [0.25, 0.3) is 0 Å². The maximum atomic E-state index is 13.1. The van der Waals surface area contributed by atoms with Gasteiger partial charge < -0.3 is 15.3 Å². The van der Waals surface area contributed by atoms with Crippen molar-refractivity contribution in [1.82, 2.24) is 10.2 Å². The monoisotopic (exact) mass is 344 g/mol. The van der Waals surface area contributed by atoms with Crippen LogP contribution in [0.15, 0.2) is 30.3 Å². The van der Waals surface area contributed by atoms with Crippen LogP contribution in [0.4, 0.5) is 0 Å². The minimum atomic E-state index is -0.947. The Bertz CT molecular complexity index is 646. The van der Waals surface area contributed by atoms with Crippen molar-refractivity contribution < 1.29 is 19.5 Å². The lowest BCUT2D eigenvalue weighted by molar-refractivity contribution is -0.137. The SMILES string of the molecule is O=C(O)CCNC(=O)[C@@H]1C[C@H]2CCCC[C@@H]2N1C(=O)c1ccccc1. The number of nitrogens with one attached hydrogen (secondary N) is 1. The number of benzene rings is 1. The van der Waals surface area contributed by atoms with Gasteiger partial charge in [0.25, 0.3) is 5.91 Å². The third-order valence-electron chi connectivity index (χ3n) is 5.28. The third-order valence-corrected chi connectivity index (χ3v) is 5.28. The number of nitrogens with zero attached hydrogens (tertiary/aromatic N) is 1. The molecule has 1 aliphatic carbocycles. The van der Waals surface area contributed by atoms with Crippen LogP contribution in [-0.2, 0) is 9.59 Å². The summed E-state index contributed by atoms with van der Waals surface area (Å²) in [5.41, 5.74) is 0.594. The summed E-state index contributed by atoms with van der Waals surface area (Å²) in [5.74, 6) is -0.928. The van der Waals surface area contributed by atoms with E-state index >= 15 is 0 Å². The normalized spacial score (nSPS) is 25.3. The van der Waals surface area contributed by atoms with Crippen molar-refractivity contribution in [2.45, 2.75) is 50.6 Å². The van der Waals surface area contributed by atoms with E-state index in [2.05, 4.69) is 5.32 Å². The van der Waals surface area contributed by atoms with Gasteiger partial charge in [0.15, 0.2) is 0 Å². The molecule has 3 rings (SSSR count). The summed E-state index contributed by atoms with van der Waals surface area (Å²) in [6.07, 6.45) is 4.75. The van der Waals surface area contributed by atoms with Crippen LogP contribution in [-0.4, -0.2) is 46.4 Å². The molecule has 6 heteroatoms. The van der Waals surface area contributed by atoms with Gasteiger partial charge in [-0.1, -0.05) is 31.0 Å². The number of hydrogen-bond donors (Lipinski definition) is 2. The quantitative estimate of drug-likeness (QED) is 0.856. The van der Waals surface area contributed by atoms with E-state index in [1.807, 2.05) is 18.2 Å². The Hall–Kier alpha value is -2.37.